The van der Waals surface area contributed by atoms with Crippen LogP contribution in [0.1, 0.15) is 0 Å². The third-order valence-electron chi connectivity index (χ3n) is 12.4. The summed E-state index contributed by atoms with van der Waals surface area (Å²) in [5.74, 6) is 0. The molecule has 276 valence electrons. The van der Waals surface area contributed by atoms with Crippen molar-refractivity contribution in [3.63, 3.8) is 0 Å². The number of nitrogens with zero attached hydrogens (tertiary/aromatic N) is 4. The molecule has 4 nitrogen and oxygen atoms in total. The van der Waals surface area contributed by atoms with Crippen molar-refractivity contribution in [3.8, 4) is 44.9 Å². The summed E-state index contributed by atoms with van der Waals surface area (Å²) in [6.07, 6.45) is 1.84. The van der Waals surface area contributed by atoms with E-state index in [2.05, 4.69) is 187 Å². The first-order valence-corrected chi connectivity index (χ1v) is 20.4. The van der Waals surface area contributed by atoms with Gasteiger partial charge in [0.15, 0.2) is 0 Å². The van der Waals surface area contributed by atoms with Crippen LogP contribution in [0.15, 0.2) is 194 Å². The molecule has 0 N–H and O–H groups in total. The van der Waals surface area contributed by atoms with Gasteiger partial charge in [-0.05, 0) is 90.6 Å². The van der Waals surface area contributed by atoms with Crippen molar-refractivity contribution in [3.05, 3.63) is 194 Å². The van der Waals surface area contributed by atoms with Gasteiger partial charge in [-0.2, -0.15) is 0 Å². The summed E-state index contributed by atoms with van der Waals surface area (Å²) in [7, 11) is 0. The van der Waals surface area contributed by atoms with Crippen molar-refractivity contribution in [2.75, 3.05) is 0 Å². The Morgan fingerprint density at radius 3 is 1.42 bits per heavy atom. The van der Waals surface area contributed by atoms with E-state index in [0.717, 1.165) is 99.3 Å². The topological polar surface area (TPSA) is 51.6 Å². The van der Waals surface area contributed by atoms with Crippen LogP contribution in [0.2, 0.25) is 0 Å². The number of hydrogen-bond acceptors (Lipinski definition) is 4. The number of aromatic nitrogens is 4. The third-order valence-corrected chi connectivity index (χ3v) is 12.4. The van der Waals surface area contributed by atoms with Crippen LogP contribution in [-0.4, -0.2) is 19.9 Å². The van der Waals surface area contributed by atoms with E-state index in [4.69, 9.17) is 15.0 Å². The van der Waals surface area contributed by atoms with E-state index in [-0.39, 0.29) is 0 Å². The highest BCUT2D eigenvalue weighted by Gasteiger charge is 2.16. The maximum Gasteiger partial charge on any atom is 0.0972 e. The molecule has 60 heavy (non-hydrogen) atoms. The van der Waals surface area contributed by atoms with Gasteiger partial charge in [0.25, 0.3) is 0 Å². The van der Waals surface area contributed by atoms with Gasteiger partial charge in [-0.1, -0.05) is 152 Å². The fourth-order valence-electron chi connectivity index (χ4n) is 9.47. The van der Waals surface area contributed by atoms with Gasteiger partial charge in [0.1, 0.15) is 0 Å². The zero-order valence-corrected chi connectivity index (χ0v) is 32.3. The first-order valence-electron chi connectivity index (χ1n) is 20.4. The summed E-state index contributed by atoms with van der Waals surface area (Å²) >= 11 is 0. The van der Waals surface area contributed by atoms with Crippen LogP contribution in [0.5, 0.6) is 0 Å². The van der Waals surface area contributed by atoms with Gasteiger partial charge in [0.2, 0.25) is 0 Å². The molecule has 0 aliphatic carbocycles. The normalized spacial score (nSPS) is 12.0. The molecule has 0 saturated heterocycles. The molecule has 4 heteroatoms. The lowest BCUT2D eigenvalue weighted by molar-refractivity contribution is 1.37. The second kappa shape index (κ2) is 12.7. The monoisotopic (exact) mass is 760 g/mol. The number of pyridine rings is 4. The Morgan fingerprint density at radius 1 is 0.283 bits per heavy atom. The predicted molar refractivity (Wildman–Crippen MR) is 251 cm³/mol. The van der Waals surface area contributed by atoms with Gasteiger partial charge in [-0.25, -0.2) is 15.0 Å². The second-order valence-electron chi connectivity index (χ2n) is 15.8. The predicted octanol–water partition coefficient (Wildman–Crippen LogP) is 14.6. The standard InChI is InChI=1S/C56H32N4/c1-2-9-43-42(8-1)44(25-26-45(43)50-29-22-39-15-14-38-7-4-30-57-55(38)56(39)60-50)48-27-20-33-10-16-40(31-51(33)58-48)41-17-11-34-21-28-49(59-52(34)32-41)46-23-18-37-13-12-35-5-3-6-36-19-24-47(46)54(37)53(35)36/h1-32H. The van der Waals surface area contributed by atoms with E-state index < -0.39 is 0 Å². The van der Waals surface area contributed by atoms with Crippen LogP contribution in [-0.2, 0) is 0 Å². The Balaban J connectivity index is 0.885. The van der Waals surface area contributed by atoms with Crippen molar-refractivity contribution in [1.29, 1.82) is 0 Å². The van der Waals surface area contributed by atoms with E-state index >= 15 is 0 Å². The average molecular weight is 761 g/mol. The zero-order chi connectivity index (χ0) is 39.3. The summed E-state index contributed by atoms with van der Waals surface area (Å²) < 4.78 is 0. The molecule has 0 atom stereocenters. The molecule has 4 heterocycles. The Bertz CT molecular complexity index is 3890. The Kier molecular flexibility index (Phi) is 6.98. The molecule has 13 aromatic rings. The number of benzene rings is 9. The Hall–Kier alpha value is -8.08. The van der Waals surface area contributed by atoms with Crippen molar-refractivity contribution in [2.24, 2.45) is 0 Å². The van der Waals surface area contributed by atoms with Gasteiger partial charge >= 0.3 is 0 Å². The summed E-state index contributed by atoms with van der Waals surface area (Å²) in [4.78, 5) is 20.5. The smallest absolute Gasteiger partial charge is 0.0972 e. The van der Waals surface area contributed by atoms with Gasteiger partial charge in [0.05, 0.1) is 39.1 Å². The molecular formula is C56H32N4. The van der Waals surface area contributed by atoms with Crippen LogP contribution in [0.3, 0.4) is 0 Å². The van der Waals surface area contributed by atoms with E-state index in [1.54, 1.807) is 0 Å². The fraction of sp³-hybridized carbons (Fsp3) is 0. The molecule has 0 spiro atoms. The lowest BCUT2D eigenvalue weighted by Crippen LogP contribution is -1.92. The van der Waals surface area contributed by atoms with E-state index in [1.807, 2.05) is 12.3 Å². The largest absolute Gasteiger partial charge is 0.254 e. The molecule has 0 amide bonds. The molecule has 0 fully saturated rings. The van der Waals surface area contributed by atoms with Crippen molar-refractivity contribution >= 4 is 86.7 Å². The minimum Gasteiger partial charge on any atom is -0.254 e. The fourth-order valence-corrected chi connectivity index (χ4v) is 9.47. The second-order valence-corrected chi connectivity index (χ2v) is 15.8. The Labute approximate surface area is 344 Å². The average Bonchev–Trinajstić information content (AvgIpc) is 3.32. The highest BCUT2D eigenvalue weighted by molar-refractivity contribution is 6.25. The number of fused-ring (bicyclic) bond motifs is 6. The van der Waals surface area contributed by atoms with Crippen LogP contribution in [0.25, 0.3) is 132 Å². The Morgan fingerprint density at radius 2 is 0.750 bits per heavy atom. The molecule has 4 aromatic heterocycles. The lowest BCUT2D eigenvalue weighted by atomic mass is 9.91. The number of hydrogen-bond donors (Lipinski definition) is 0. The van der Waals surface area contributed by atoms with Crippen LogP contribution in [0, 0.1) is 0 Å². The number of rotatable bonds is 4. The van der Waals surface area contributed by atoms with Gasteiger partial charge in [-0.15, -0.1) is 0 Å². The van der Waals surface area contributed by atoms with Crippen LogP contribution in [0.4, 0.5) is 0 Å². The minimum absolute atomic E-state index is 0.914. The van der Waals surface area contributed by atoms with Crippen molar-refractivity contribution < 1.29 is 0 Å². The van der Waals surface area contributed by atoms with Crippen molar-refractivity contribution in [2.45, 2.75) is 0 Å². The highest BCUT2D eigenvalue weighted by atomic mass is 14.8. The molecule has 0 bridgehead atoms. The zero-order valence-electron chi connectivity index (χ0n) is 32.3. The first-order chi connectivity index (χ1) is 29.7. The van der Waals surface area contributed by atoms with E-state index in [1.165, 1.54) is 32.3 Å². The summed E-state index contributed by atoms with van der Waals surface area (Å²) in [5, 5.41) is 14.3. The molecule has 13 rings (SSSR count). The highest BCUT2D eigenvalue weighted by Crippen LogP contribution is 2.40. The van der Waals surface area contributed by atoms with Crippen LogP contribution >= 0.6 is 0 Å². The minimum atomic E-state index is 0.914. The van der Waals surface area contributed by atoms with E-state index in [0.29, 0.717) is 0 Å². The SMILES string of the molecule is c1cnc2c(c1)ccc1ccc(-c3ccc(-c4ccc5ccc(-c6ccc7ccc(-c8ccc9ccc%10cccc%11ccc8c9c%10%11)nc7c6)cc5n4)c4ccccc34)nc12. The van der Waals surface area contributed by atoms with Gasteiger partial charge < -0.3 is 0 Å². The quantitative estimate of drug-likeness (QED) is 0.168. The van der Waals surface area contributed by atoms with E-state index in [9.17, 15) is 0 Å². The lowest BCUT2D eigenvalue weighted by Gasteiger charge is -2.14. The summed E-state index contributed by atoms with van der Waals surface area (Å²) in [6, 6.07) is 67.3. The summed E-state index contributed by atoms with van der Waals surface area (Å²) in [6.45, 7) is 0. The first kappa shape index (κ1) is 32.9. The van der Waals surface area contributed by atoms with Crippen molar-refractivity contribution in [1.82, 2.24) is 19.9 Å². The molecule has 0 aliphatic rings. The molecule has 0 radical (unpaired) electrons. The van der Waals surface area contributed by atoms with Gasteiger partial charge in [-0.3, -0.25) is 4.98 Å². The van der Waals surface area contributed by atoms with Crippen LogP contribution < -0.4 is 0 Å². The molecular weight excluding hydrogens is 729 g/mol. The molecule has 0 saturated carbocycles. The molecule has 0 aliphatic heterocycles. The summed E-state index contributed by atoms with van der Waals surface area (Å²) in [5.41, 5.74) is 12.1. The molecule has 0 unspecified atom stereocenters. The maximum atomic E-state index is 5.30. The third kappa shape index (κ3) is 5.04. The van der Waals surface area contributed by atoms with Gasteiger partial charge in [0, 0.05) is 44.4 Å². The maximum absolute atomic E-state index is 5.30. The molecule has 9 aromatic carbocycles.